The van der Waals surface area contributed by atoms with Gasteiger partial charge < -0.3 is 29.7 Å². The van der Waals surface area contributed by atoms with Crippen LogP contribution in [0.1, 0.15) is 66.7 Å². The summed E-state index contributed by atoms with van der Waals surface area (Å²) in [7, 11) is 1.39. The van der Waals surface area contributed by atoms with Crippen molar-refractivity contribution in [3.8, 4) is 11.6 Å². The predicted octanol–water partition coefficient (Wildman–Crippen LogP) is 6.02. The molecule has 0 unspecified atom stereocenters. The number of aromatic nitrogens is 3. The number of carboxylic acid groups (broad SMARTS) is 1. The maximum Gasteiger partial charge on any atom is 0.416 e. The summed E-state index contributed by atoms with van der Waals surface area (Å²) >= 11 is 0. The third-order valence-electron chi connectivity index (χ3n) is 7.48. The maximum atomic E-state index is 13.5. The minimum Gasteiger partial charge on any atom is -0.488 e. The van der Waals surface area contributed by atoms with Gasteiger partial charge in [0.2, 0.25) is 11.8 Å². The van der Waals surface area contributed by atoms with E-state index in [4.69, 9.17) is 19.3 Å². The van der Waals surface area contributed by atoms with Crippen LogP contribution in [0, 0.1) is 0 Å². The molecule has 3 N–H and O–H groups in total. The van der Waals surface area contributed by atoms with Gasteiger partial charge in [-0.15, -0.1) is 0 Å². The molecular formula is C31H33F6N5O7. The van der Waals surface area contributed by atoms with E-state index in [1.807, 2.05) is 6.92 Å². The molecule has 0 saturated carbocycles. The number of nitrogens with one attached hydrogen (secondary N) is 1. The summed E-state index contributed by atoms with van der Waals surface area (Å²) in [6.45, 7) is 1.01. The third kappa shape index (κ3) is 9.39. The van der Waals surface area contributed by atoms with E-state index in [-0.39, 0.29) is 67.4 Å². The van der Waals surface area contributed by atoms with Gasteiger partial charge in [-0.3, -0.25) is 9.69 Å². The third-order valence-corrected chi connectivity index (χ3v) is 7.48. The molecule has 0 bridgehead atoms. The van der Waals surface area contributed by atoms with Gasteiger partial charge in [0.25, 0.3) is 0 Å². The first kappa shape index (κ1) is 37.0. The molecule has 2 aromatic heterocycles. The zero-order valence-corrected chi connectivity index (χ0v) is 26.3. The van der Waals surface area contributed by atoms with Crippen LogP contribution >= 0.6 is 0 Å². The Hall–Kier alpha value is -4.87. The number of aliphatic hydroxyl groups excluding tert-OH is 1. The summed E-state index contributed by atoms with van der Waals surface area (Å²) in [5.41, 5.74) is -2.71. The highest BCUT2D eigenvalue weighted by molar-refractivity contribution is 5.90. The molecule has 266 valence electrons. The number of benzene rings is 1. The molecule has 1 aliphatic heterocycles. The van der Waals surface area contributed by atoms with Crippen molar-refractivity contribution in [3.05, 3.63) is 64.6 Å². The van der Waals surface area contributed by atoms with Crippen LogP contribution in [-0.2, 0) is 28.3 Å². The molecule has 18 heteroatoms. The van der Waals surface area contributed by atoms with Crippen molar-refractivity contribution in [3.63, 3.8) is 0 Å². The van der Waals surface area contributed by atoms with E-state index >= 15 is 0 Å². The second-order valence-corrected chi connectivity index (χ2v) is 10.9. The molecule has 0 saturated heterocycles. The molecule has 0 aliphatic carbocycles. The molecule has 0 fully saturated rings. The van der Waals surface area contributed by atoms with E-state index in [0.717, 1.165) is 0 Å². The fraction of sp³-hybridized carbons (Fsp3) is 0.452. The number of carbonyl (C=O) groups is 2. The lowest BCUT2D eigenvalue weighted by atomic mass is 9.93. The van der Waals surface area contributed by atoms with Crippen LogP contribution in [0.15, 0.2) is 36.5 Å². The van der Waals surface area contributed by atoms with Crippen LogP contribution < -0.4 is 19.7 Å². The number of hydrogen-bond donors (Lipinski definition) is 3. The number of nitrogens with zero attached hydrogens (tertiary/aromatic N) is 4. The molecule has 1 aromatic carbocycles. The van der Waals surface area contributed by atoms with Crippen LogP contribution in [0.3, 0.4) is 0 Å². The molecule has 2 atom stereocenters. The van der Waals surface area contributed by atoms with Crippen LogP contribution in [0.5, 0.6) is 11.6 Å². The number of anilines is 2. The number of aliphatic hydroxyl groups is 1. The van der Waals surface area contributed by atoms with Gasteiger partial charge in [0.1, 0.15) is 6.61 Å². The van der Waals surface area contributed by atoms with Crippen molar-refractivity contribution in [2.24, 2.45) is 0 Å². The lowest BCUT2D eigenvalue weighted by molar-refractivity contribution is -0.143. The number of alkyl halides is 6. The topological polar surface area (TPSA) is 156 Å². The van der Waals surface area contributed by atoms with Gasteiger partial charge >= 0.3 is 24.4 Å². The number of fused-ring (bicyclic) bond motifs is 1. The summed E-state index contributed by atoms with van der Waals surface area (Å²) < 4.78 is 97.3. The highest BCUT2D eigenvalue weighted by Gasteiger charge is 2.39. The number of amides is 1. The van der Waals surface area contributed by atoms with Gasteiger partial charge in [-0.05, 0) is 49.1 Å². The monoisotopic (exact) mass is 701 g/mol. The normalized spacial score (nSPS) is 16.1. The van der Waals surface area contributed by atoms with E-state index in [2.05, 4.69) is 20.3 Å². The van der Waals surface area contributed by atoms with E-state index in [0.29, 0.717) is 29.9 Å². The quantitative estimate of drug-likeness (QED) is 0.141. The zero-order chi connectivity index (χ0) is 35.9. The average Bonchev–Trinajstić information content (AvgIpc) is 3.04. The number of rotatable bonds is 13. The number of pyridine rings is 1. The Morgan fingerprint density at radius 1 is 1.04 bits per heavy atom. The van der Waals surface area contributed by atoms with Crippen molar-refractivity contribution in [2.75, 3.05) is 37.1 Å². The fourth-order valence-corrected chi connectivity index (χ4v) is 5.23. The Balaban J connectivity index is 1.70. The van der Waals surface area contributed by atoms with Crippen molar-refractivity contribution < 1.29 is 60.4 Å². The lowest BCUT2D eigenvalue weighted by Gasteiger charge is -2.39. The van der Waals surface area contributed by atoms with E-state index < -0.39 is 60.7 Å². The van der Waals surface area contributed by atoms with Crippen molar-refractivity contribution in [2.45, 2.75) is 63.5 Å². The van der Waals surface area contributed by atoms with Gasteiger partial charge in [-0.1, -0.05) is 6.92 Å². The Kier molecular flexibility index (Phi) is 11.7. The van der Waals surface area contributed by atoms with Crippen LogP contribution in [0.4, 0.5) is 42.8 Å². The summed E-state index contributed by atoms with van der Waals surface area (Å²) in [5.74, 6) is -0.975. The van der Waals surface area contributed by atoms with Crippen molar-refractivity contribution in [1.82, 2.24) is 15.0 Å². The van der Waals surface area contributed by atoms with E-state index in [1.54, 1.807) is 6.07 Å². The minimum atomic E-state index is -5.05. The molecule has 12 nitrogen and oxygen atoms in total. The highest BCUT2D eigenvalue weighted by Crippen LogP contribution is 2.41. The molecule has 0 radical (unpaired) electrons. The van der Waals surface area contributed by atoms with Crippen LogP contribution in [0.2, 0.25) is 0 Å². The van der Waals surface area contributed by atoms with Gasteiger partial charge in [0.15, 0.2) is 5.75 Å². The van der Waals surface area contributed by atoms with Gasteiger partial charge in [-0.25, -0.2) is 19.7 Å². The molecule has 3 heterocycles. The number of hydrogen-bond acceptors (Lipinski definition) is 10. The van der Waals surface area contributed by atoms with Gasteiger partial charge in [0.05, 0.1) is 60.8 Å². The molecule has 0 spiro atoms. The minimum absolute atomic E-state index is 0.0285. The fourth-order valence-electron chi connectivity index (χ4n) is 5.23. The van der Waals surface area contributed by atoms with Crippen LogP contribution in [0.25, 0.3) is 0 Å². The summed E-state index contributed by atoms with van der Waals surface area (Å²) in [4.78, 5) is 38.6. The summed E-state index contributed by atoms with van der Waals surface area (Å²) in [6, 6.07) is 3.22. The second kappa shape index (κ2) is 15.6. The Morgan fingerprint density at radius 3 is 2.33 bits per heavy atom. The molecule has 3 aromatic rings. The van der Waals surface area contributed by atoms with Gasteiger partial charge in [0, 0.05) is 24.9 Å². The Morgan fingerprint density at radius 2 is 1.73 bits per heavy atom. The smallest absolute Gasteiger partial charge is 0.416 e. The number of aliphatic carboxylic acids is 1. The van der Waals surface area contributed by atoms with Crippen molar-refractivity contribution >= 4 is 23.7 Å². The molecule has 49 heavy (non-hydrogen) atoms. The number of methoxy groups -OCH3 is 1. The maximum absolute atomic E-state index is 13.5. The molecule has 1 aliphatic rings. The van der Waals surface area contributed by atoms with E-state index in [9.17, 15) is 41.0 Å². The number of ether oxygens (including phenoxy) is 3. The molecule has 4 rings (SSSR count). The molecular weight excluding hydrogens is 668 g/mol. The average molecular weight is 702 g/mol. The number of carboxylic acids is 1. The largest absolute Gasteiger partial charge is 0.488 e. The SMILES string of the molecule is CC[C@@H]1C[C@H](Nc2ncc(OCCO)c(Cc3cc(C(F)(F)F)cc(C(F)(F)F)c3)n2)c2nc(OC)ccc2N1C(=O)OCCCC(=O)O. The molecule has 1 amide bonds. The van der Waals surface area contributed by atoms with Gasteiger partial charge in [-0.2, -0.15) is 26.3 Å². The summed E-state index contributed by atoms with van der Waals surface area (Å²) in [5, 5.41) is 21.2. The Labute approximate surface area is 276 Å². The first-order valence-electron chi connectivity index (χ1n) is 15.0. The highest BCUT2D eigenvalue weighted by atomic mass is 19.4. The summed E-state index contributed by atoms with van der Waals surface area (Å²) in [6.07, 6.45) is -9.55. The zero-order valence-electron chi connectivity index (χ0n) is 26.3. The predicted molar refractivity (Wildman–Crippen MR) is 160 cm³/mol. The number of carbonyl (C=O) groups excluding carboxylic acids is 1. The Bertz CT molecular complexity index is 1610. The second-order valence-electron chi connectivity index (χ2n) is 10.9. The van der Waals surface area contributed by atoms with Crippen LogP contribution in [-0.4, -0.2) is 70.2 Å². The lowest BCUT2D eigenvalue weighted by Crippen LogP contribution is -2.46. The first-order valence-corrected chi connectivity index (χ1v) is 15.0. The standard InChI is InChI=1S/C31H33F6N5O7/c1-3-20-15-22(27-23(6-7-25(41-27)47-2)42(20)29(46)49-9-4-5-26(44)45)40-28-38-16-24(48-10-8-43)21(39-28)13-17-11-18(30(32,33)34)14-19(12-17)31(35,36)37/h6-7,11-12,14,16,20,22,43H,3-5,8-10,13,15H2,1-2H3,(H,44,45)(H,38,39,40)/t20-,22+/m1/s1. The number of halogens is 6. The van der Waals surface area contributed by atoms with E-state index in [1.165, 1.54) is 24.3 Å². The first-order chi connectivity index (χ1) is 23.1. The van der Waals surface area contributed by atoms with Crippen molar-refractivity contribution in [1.29, 1.82) is 0 Å².